The van der Waals surface area contributed by atoms with Gasteiger partial charge in [-0.2, -0.15) is 0 Å². The first-order valence-electron chi connectivity index (χ1n) is 12.3. The molecule has 0 aromatic heterocycles. The van der Waals surface area contributed by atoms with Crippen molar-refractivity contribution in [3.63, 3.8) is 0 Å². The minimum absolute atomic E-state index is 0.0353. The van der Waals surface area contributed by atoms with Crippen molar-refractivity contribution in [2.24, 2.45) is 0 Å². The number of anilines is 1. The SMILES string of the molecule is CNC(=O)c1c(I)c(C(=O)N[C@@H]2COC(C)(C)OC[C@H]2O)c(I)c(N(CC(COC(C)=O)OC(C)=O)C(C)=O)c1I. The molecule has 2 rings (SSSR count). The molecular weight excluding hydrogens is 883 g/mol. The Morgan fingerprint density at radius 3 is 2.05 bits per heavy atom. The van der Waals surface area contributed by atoms with E-state index in [1.165, 1.54) is 32.7 Å². The lowest BCUT2D eigenvalue weighted by molar-refractivity contribution is -0.203. The van der Waals surface area contributed by atoms with Crippen LogP contribution in [0.25, 0.3) is 0 Å². The van der Waals surface area contributed by atoms with Gasteiger partial charge in [0.25, 0.3) is 11.8 Å². The van der Waals surface area contributed by atoms with Crippen LogP contribution >= 0.6 is 67.8 Å². The summed E-state index contributed by atoms with van der Waals surface area (Å²) in [4.78, 5) is 64.2. The Balaban J connectivity index is 2.66. The molecule has 41 heavy (non-hydrogen) atoms. The third kappa shape index (κ3) is 9.57. The molecule has 228 valence electrons. The Labute approximate surface area is 278 Å². The summed E-state index contributed by atoms with van der Waals surface area (Å²) in [6, 6.07) is -0.831. The van der Waals surface area contributed by atoms with Crippen LogP contribution in [-0.2, 0) is 33.3 Å². The van der Waals surface area contributed by atoms with Gasteiger partial charge in [0.1, 0.15) is 6.61 Å². The van der Waals surface area contributed by atoms with Crippen molar-refractivity contribution < 1.29 is 48.0 Å². The molecule has 1 aliphatic heterocycles. The highest BCUT2D eigenvalue weighted by molar-refractivity contribution is 14.1. The molecule has 13 nitrogen and oxygen atoms in total. The first-order valence-corrected chi connectivity index (χ1v) is 15.5. The molecule has 0 spiro atoms. The molecule has 0 bridgehead atoms. The lowest BCUT2D eigenvalue weighted by Gasteiger charge is -2.30. The number of hydrogen-bond acceptors (Lipinski definition) is 10. The average molecular weight is 915 g/mol. The number of hydrogen-bond donors (Lipinski definition) is 3. The van der Waals surface area contributed by atoms with Crippen LogP contribution in [0.1, 0.15) is 55.3 Å². The average Bonchev–Trinajstić information content (AvgIpc) is 2.98. The smallest absolute Gasteiger partial charge is 0.303 e. The fraction of sp³-hybridized carbons (Fsp3) is 0.560. The van der Waals surface area contributed by atoms with Crippen molar-refractivity contribution in [2.75, 3.05) is 38.3 Å². The molecule has 0 aliphatic carbocycles. The van der Waals surface area contributed by atoms with Gasteiger partial charge in [-0.1, -0.05) is 0 Å². The lowest BCUT2D eigenvalue weighted by atomic mass is 10.1. The Morgan fingerprint density at radius 2 is 1.54 bits per heavy atom. The summed E-state index contributed by atoms with van der Waals surface area (Å²) >= 11 is 5.74. The first kappa shape index (κ1) is 35.8. The van der Waals surface area contributed by atoms with Crippen molar-refractivity contribution in [3.8, 4) is 0 Å². The third-order valence-corrected chi connectivity index (χ3v) is 8.99. The molecule has 16 heteroatoms. The van der Waals surface area contributed by atoms with Crippen LogP contribution in [0, 0.1) is 10.7 Å². The van der Waals surface area contributed by atoms with E-state index in [1.54, 1.807) is 13.8 Å². The van der Waals surface area contributed by atoms with E-state index in [0.717, 1.165) is 0 Å². The molecule has 3 atom stereocenters. The maximum Gasteiger partial charge on any atom is 0.303 e. The molecule has 1 unspecified atom stereocenters. The molecule has 1 aromatic rings. The molecule has 0 radical (unpaired) electrons. The monoisotopic (exact) mass is 915 g/mol. The largest absolute Gasteiger partial charge is 0.462 e. The van der Waals surface area contributed by atoms with Crippen LogP contribution in [0.2, 0.25) is 0 Å². The second-order valence-corrected chi connectivity index (χ2v) is 12.7. The third-order valence-electron chi connectivity index (χ3n) is 5.81. The molecule has 1 aromatic carbocycles. The fourth-order valence-corrected chi connectivity index (χ4v) is 8.51. The van der Waals surface area contributed by atoms with Gasteiger partial charge >= 0.3 is 11.9 Å². The number of halogens is 3. The van der Waals surface area contributed by atoms with Crippen LogP contribution in [0.5, 0.6) is 0 Å². The Bertz CT molecular complexity index is 1210. The minimum atomic E-state index is -1.07. The summed E-state index contributed by atoms with van der Waals surface area (Å²) in [6.45, 7) is 6.38. The topological polar surface area (TPSA) is 170 Å². The summed E-state index contributed by atoms with van der Waals surface area (Å²) in [5.41, 5.74) is 0.462. The van der Waals surface area contributed by atoms with Crippen molar-refractivity contribution in [2.45, 2.75) is 58.7 Å². The van der Waals surface area contributed by atoms with Crippen LogP contribution in [-0.4, -0.2) is 92.2 Å². The van der Waals surface area contributed by atoms with E-state index in [4.69, 9.17) is 18.9 Å². The number of nitrogens with one attached hydrogen (secondary N) is 2. The molecular formula is C25H32I3N3O10. The quantitative estimate of drug-likeness (QED) is 0.246. The van der Waals surface area contributed by atoms with Gasteiger partial charge < -0.3 is 39.6 Å². The van der Waals surface area contributed by atoms with Crippen LogP contribution < -0.4 is 15.5 Å². The molecule has 0 saturated carbocycles. The Kier molecular flexibility index (Phi) is 13.5. The maximum absolute atomic E-state index is 13.7. The van der Waals surface area contributed by atoms with E-state index in [2.05, 4.69) is 10.6 Å². The van der Waals surface area contributed by atoms with Gasteiger partial charge in [-0.05, 0) is 81.6 Å². The second-order valence-electron chi connectivity index (χ2n) is 9.45. The maximum atomic E-state index is 13.7. The molecule has 1 aliphatic rings. The fourth-order valence-electron chi connectivity index (χ4n) is 3.79. The molecule has 3 amide bonds. The highest BCUT2D eigenvalue weighted by Crippen LogP contribution is 2.38. The zero-order valence-corrected chi connectivity index (χ0v) is 29.7. The number of nitrogens with zero attached hydrogens (tertiary/aromatic N) is 1. The van der Waals surface area contributed by atoms with Crippen LogP contribution in [0.3, 0.4) is 0 Å². The zero-order chi connectivity index (χ0) is 31.2. The summed E-state index contributed by atoms with van der Waals surface area (Å²) in [5.74, 6) is -3.82. The van der Waals surface area contributed by atoms with Gasteiger partial charge in [0, 0.05) is 31.4 Å². The molecule has 1 heterocycles. The number of aliphatic hydroxyl groups excluding tert-OH is 1. The van der Waals surface area contributed by atoms with Crippen LogP contribution in [0.15, 0.2) is 0 Å². The van der Waals surface area contributed by atoms with Gasteiger partial charge in [-0.3, -0.25) is 24.0 Å². The van der Waals surface area contributed by atoms with Gasteiger partial charge in [-0.15, -0.1) is 0 Å². The second kappa shape index (κ2) is 15.4. The van der Waals surface area contributed by atoms with E-state index in [0.29, 0.717) is 10.7 Å². The summed E-state index contributed by atoms with van der Waals surface area (Å²) in [7, 11) is 1.44. The van der Waals surface area contributed by atoms with E-state index in [-0.39, 0.29) is 43.2 Å². The van der Waals surface area contributed by atoms with Gasteiger partial charge in [-0.25, -0.2) is 0 Å². The molecule has 3 N–H and O–H groups in total. The lowest BCUT2D eigenvalue weighted by Crippen LogP contribution is -2.47. The van der Waals surface area contributed by atoms with E-state index < -0.39 is 53.7 Å². The van der Waals surface area contributed by atoms with Crippen molar-refractivity contribution in [3.05, 3.63) is 21.8 Å². The van der Waals surface area contributed by atoms with E-state index in [1.807, 2.05) is 67.8 Å². The number of aliphatic hydroxyl groups is 1. The summed E-state index contributed by atoms with van der Waals surface area (Å²) in [5, 5.41) is 15.9. The van der Waals surface area contributed by atoms with Crippen molar-refractivity contribution >= 4 is 103 Å². The number of ether oxygens (including phenoxy) is 4. The summed E-state index contributed by atoms with van der Waals surface area (Å²) in [6.07, 6.45) is -2.11. The Hall–Kier alpha value is -1.36. The predicted octanol–water partition coefficient (Wildman–Crippen LogP) is 1.95. The van der Waals surface area contributed by atoms with Gasteiger partial charge in [0.15, 0.2) is 11.9 Å². The van der Waals surface area contributed by atoms with Crippen molar-refractivity contribution in [1.29, 1.82) is 0 Å². The van der Waals surface area contributed by atoms with E-state index in [9.17, 15) is 29.1 Å². The highest BCUT2D eigenvalue weighted by atomic mass is 127. The number of carbonyl (C=O) groups is 5. The predicted molar refractivity (Wildman–Crippen MR) is 171 cm³/mol. The summed E-state index contributed by atoms with van der Waals surface area (Å²) < 4.78 is 22.5. The van der Waals surface area contributed by atoms with Gasteiger partial charge in [0.2, 0.25) is 5.91 Å². The minimum Gasteiger partial charge on any atom is -0.462 e. The van der Waals surface area contributed by atoms with E-state index >= 15 is 0 Å². The normalized spacial score (nSPS) is 18.9. The number of carbonyl (C=O) groups excluding carboxylic acids is 5. The highest BCUT2D eigenvalue weighted by Gasteiger charge is 2.36. The standard InChI is InChI=1S/C25H32I3N3O10/c1-11(32)31(7-14(41-13(3)34)8-38-12(2)33)22-20(27)17(23(36)29-6)19(26)18(21(22)28)24(37)30-15-9-39-25(4,5)40-10-16(15)35/h14-16,35H,7-10H2,1-6H3,(H,29,36)(H,30,37)/t14?,15-,16-/m1/s1. The number of benzene rings is 1. The number of esters is 2. The number of amides is 3. The van der Waals surface area contributed by atoms with Crippen molar-refractivity contribution in [1.82, 2.24) is 10.6 Å². The molecule has 1 saturated heterocycles. The van der Waals surface area contributed by atoms with Crippen LogP contribution in [0.4, 0.5) is 5.69 Å². The Morgan fingerprint density at radius 1 is 0.976 bits per heavy atom. The first-order chi connectivity index (χ1) is 19.0. The van der Waals surface area contributed by atoms with Gasteiger partial charge in [0.05, 0.1) is 55.9 Å². The zero-order valence-electron chi connectivity index (χ0n) is 23.3. The number of rotatable bonds is 9. The molecule has 1 fully saturated rings.